The Morgan fingerprint density at radius 2 is 1.71 bits per heavy atom. The van der Waals surface area contributed by atoms with Crippen LogP contribution in [0.25, 0.3) is 0 Å². The first kappa shape index (κ1) is 26.8. The summed E-state index contributed by atoms with van der Waals surface area (Å²) in [5.41, 5.74) is 5.54. The lowest BCUT2D eigenvalue weighted by Gasteiger charge is -2.15. The summed E-state index contributed by atoms with van der Waals surface area (Å²) in [5, 5.41) is 9.11. The van der Waals surface area contributed by atoms with Gasteiger partial charge in [-0.2, -0.15) is 5.10 Å². The zero-order valence-corrected chi connectivity index (χ0v) is 21.4. The van der Waals surface area contributed by atoms with Crippen LogP contribution in [0.1, 0.15) is 37.5 Å². The van der Waals surface area contributed by atoms with Gasteiger partial charge in [-0.15, -0.1) is 0 Å². The normalized spacial score (nSPS) is 10.8. The molecule has 0 aliphatic carbocycles. The molecule has 0 aromatic heterocycles. The molecule has 0 saturated carbocycles. The number of aryl methyl sites for hydroxylation is 2. The van der Waals surface area contributed by atoms with Gasteiger partial charge in [-0.25, -0.2) is 5.43 Å². The summed E-state index contributed by atoms with van der Waals surface area (Å²) in [6.45, 7) is 9.38. The molecule has 3 amide bonds. The Hall–Kier alpha value is -3.40. The second-order valence-electron chi connectivity index (χ2n) is 7.80. The minimum atomic E-state index is -0.871. The maximum Gasteiger partial charge on any atom is 0.329 e. The monoisotopic (exact) mass is 532 g/mol. The van der Waals surface area contributed by atoms with Gasteiger partial charge in [-0.3, -0.25) is 14.4 Å². The molecule has 0 radical (unpaired) electrons. The van der Waals surface area contributed by atoms with Crippen molar-refractivity contribution in [3.8, 4) is 11.5 Å². The molecule has 0 bridgehead atoms. The van der Waals surface area contributed by atoms with Gasteiger partial charge in [-0.1, -0.05) is 6.07 Å². The van der Waals surface area contributed by atoms with E-state index in [1.165, 1.54) is 6.21 Å². The quantitative estimate of drug-likeness (QED) is 0.259. The van der Waals surface area contributed by atoms with E-state index in [1.807, 2.05) is 39.0 Å². The highest BCUT2D eigenvalue weighted by Crippen LogP contribution is 2.36. The van der Waals surface area contributed by atoms with E-state index in [-0.39, 0.29) is 18.6 Å². The van der Waals surface area contributed by atoms with Crippen molar-refractivity contribution in [3.63, 3.8) is 0 Å². The largest absolute Gasteiger partial charge is 0.490 e. The summed E-state index contributed by atoms with van der Waals surface area (Å²) >= 11 is 3.43. The number of ether oxygens (including phenoxy) is 2. The van der Waals surface area contributed by atoms with Crippen LogP contribution in [0, 0.1) is 13.8 Å². The summed E-state index contributed by atoms with van der Waals surface area (Å²) in [7, 11) is 0. The van der Waals surface area contributed by atoms with Crippen molar-refractivity contribution in [3.05, 3.63) is 51.5 Å². The van der Waals surface area contributed by atoms with E-state index in [0.29, 0.717) is 33.8 Å². The number of hydrogen-bond donors (Lipinski definition) is 3. The third kappa shape index (κ3) is 8.51. The number of anilines is 1. The van der Waals surface area contributed by atoms with Crippen LogP contribution in [-0.2, 0) is 14.4 Å². The number of carbonyl (C=O) groups is 3. The van der Waals surface area contributed by atoms with Gasteiger partial charge < -0.3 is 20.1 Å². The predicted molar refractivity (Wildman–Crippen MR) is 134 cm³/mol. The van der Waals surface area contributed by atoms with E-state index in [9.17, 15) is 14.4 Å². The van der Waals surface area contributed by atoms with Crippen molar-refractivity contribution in [2.45, 2.75) is 40.7 Å². The fourth-order valence-electron chi connectivity index (χ4n) is 2.99. The molecular formula is C24H29BrN4O5. The van der Waals surface area contributed by atoms with Crippen LogP contribution >= 0.6 is 15.9 Å². The van der Waals surface area contributed by atoms with Crippen LogP contribution in [0.4, 0.5) is 5.69 Å². The molecule has 2 aromatic rings. The number of amides is 3. The molecule has 0 aliphatic rings. The number of nitrogens with one attached hydrogen (secondary N) is 3. The Kier molecular flexibility index (Phi) is 10.1. The zero-order chi connectivity index (χ0) is 25.3. The summed E-state index contributed by atoms with van der Waals surface area (Å²) in [4.78, 5) is 35.8. The summed E-state index contributed by atoms with van der Waals surface area (Å²) < 4.78 is 11.9. The number of halogens is 1. The Labute approximate surface area is 207 Å². The van der Waals surface area contributed by atoms with Gasteiger partial charge in [-0.05, 0) is 91.5 Å². The average Bonchev–Trinajstić information content (AvgIpc) is 2.72. The maximum atomic E-state index is 12.4. The molecule has 3 N–H and O–H groups in total. The summed E-state index contributed by atoms with van der Waals surface area (Å²) in [6, 6.07) is 8.95. The molecule has 0 spiro atoms. The van der Waals surface area contributed by atoms with Crippen molar-refractivity contribution in [1.82, 2.24) is 10.7 Å². The number of nitrogens with zero attached hydrogens (tertiary/aromatic N) is 1. The highest BCUT2D eigenvalue weighted by Gasteiger charge is 2.15. The van der Waals surface area contributed by atoms with Gasteiger partial charge >= 0.3 is 11.8 Å². The van der Waals surface area contributed by atoms with E-state index >= 15 is 0 Å². The van der Waals surface area contributed by atoms with Gasteiger partial charge in [0, 0.05) is 11.7 Å². The highest BCUT2D eigenvalue weighted by atomic mass is 79.9. The minimum Gasteiger partial charge on any atom is -0.490 e. The predicted octanol–water partition coefficient (Wildman–Crippen LogP) is 3.46. The van der Waals surface area contributed by atoms with Crippen LogP contribution in [0.2, 0.25) is 0 Å². The number of hydrogen-bond acceptors (Lipinski definition) is 6. The van der Waals surface area contributed by atoms with E-state index in [4.69, 9.17) is 9.47 Å². The molecule has 0 unspecified atom stereocenters. The zero-order valence-electron chi connectivity index (χ0n) is 19.8. The number of hydrazone groups is 1. The molecule has 9 nitrogen and oxygen atoms in total. The lowest BCUT2D eigenvalue weighted by atomic mass is 10.1. The Bertz CT molecular complexity index is 1070. The number of benzene rings is 2. The fraction of sp³-hybridized carbons (Fsp3) is 0.333. The minimum absolute atomic E-state index is 0.164. The summed E-state index contributed by atoms with van der Waals surface area (Å²) in [6.07, 6.45) is 1.37. The van der Waals surface area contributed by atoms with Crippen LogP contribution < -0.4 is 25.5 Å². The van der Waals surface area contributed by atoms with Gasteiger partial charge in [0.2, 0.25) is 0 Å². The van der Waals surface area contributed by atoms with Gasteiger partial charge in [0.05, 0.1) is 17.3 Å². The molecule has 0 heterocycles. The Morgan fingerprint density at radius 1 is 1.03 bits per heavy atom. The third-order valence-corrected chi connectivity index (χ3v) is 4.78. The Balaban J connectivity index is 2.06. The number of carbonyl (C=O) groups excluding carboxylic acids is 3. The topological polar surface area (TPSA) is 118 Å². The molecule has 2 aromatic carbocycles. The molecule has 0 atom stereocenters. The molecule has 0 aliphatic heterocycles. The van der Waals surface area contributed by atoms with Gasteiger partial charge in [0.1, 0.15) is 0 Å². The molecule has 10 heteroatoms. The van der Waals surface area contributed by atoms with Crippen LogP contribution in [0.5, 0.6) is 11.5 Å². The molecule has 2 rings (SSSR count). The molecular weight excluding hydrogens is 504 g/mol. The third-order valence-electron chi connectivity index (χ3n) is 4.19. The van der Waals surface area contributed by atoms with E-state index in [2.05, 4.69) is 37.1 Å². The smallest absolute Gasteiger partial charge is 0.329 e. The summed E-state index contributed by atoms with van der Waals surface area (Å²) in [5.74, 6) is -1.21. The SMILES string of the molecule is CCOc1cc(/C=N\NC(=O)C(=O)NC(C)C)cc(Br)c1OCC(=O)Nc1cc(C)cc(C)c1. The van der Waals surface area contributed by atoms with Crippen molar-refractivity contribution in [2.75, 3.05) is 18.5 Å². The fourth-order valence-corrected chi connectivity index (χ4v) is 3.57. The molecule has 34 heavy (non-hydrogen) atoms. The van der Waals surface area contributed by atoms with Crippen LogP contribution in [0.3, 0.4) is 0 Å². The second-order valence-corrected chi connectivity index (χ2v) is 8.66. The first-order valence-electron chi connectivity index (χ1n) is 10.7. The van der Waals surface area contributed by atoms with Crippen LogP contribution in [-0.4, -0.2) is 43.2 Å². The van der Waals surface area contributed by atoms with Gasteiger partial charge in [0.25, 0.3) is 5.91 Å². The van der Waals surface area contributed by atoms with Crippen molar-refractivity contribution in [2.24, 2.45) is 5.10 Å². The molecule has 0 saturated heterocycles. The van der Waals surface area contributed by atoms with Crippen molar-refractivity contribution >= 4 is 45.6 Å². The lowest BCUT2D eigenvalue weighted by molar-refractivity contribution is -0.139. The molecule has 182 valence electrons. The standard InChI is InChI=1S/C24H29BrN4O5/c1-6-33-20-11-17(12-26-29-24(32)23(31)27-14(2)3)10-19(25)22(20)34-13-21(30)28-18-8-15(4)7-16(5)9-18/h7-12,14H,6,13H2,1-5H3,(H,27,31)(H,28,30)(H,29,32)/b26-12-. The van der Waals surface area contributed by atoms with Crippen molar-refractivity contribution in [1.29, 1.82) is 0 Å². The Morgan fingerprint density at radius 3 is 2.32 bits per heavy atom. The van der Waals surface area contributed by atoms with Crippen molar-refractivity contribution < 1.29 is 23.9 Å². The first-order chi connectivity index (χ1) is 16.1. The first-order valence-corrected chi connectivity index (χ1v) is 11.5. The van der Waals surface area contributed by atoms with Crippen LogP contribution in [0.15, 0.2) is 39.9 Å². The maximum absolute atomic E-state index is 12.4. The van der Waals surface area contributed by atoms with E-state index < -0.39 is 11.8 Å². The molecule has 0 fully saturated rings. The highest BCUT2D eigenvalue weighted by molar-refractivity contribution is 9.10. The lowest BCUT2D eigenvalue weighted by Crippen LogP contribution is -2.41. The second kappa shape index (κ2) is 12.7. The van der Waals surface area contributed by atoms with Gasteiger partial charge in [0.15, 0.2) is 18.1 Å². The average molecular weight is 533 g/mol. The van der Waals surface area contributed by atoms with E-state index in [1.54, 1.807) is 26.0 Å². The van der Waals surface area contributed by atoms with E-state index in [0.717, 1.165) is 11.1 Å². The number of rotatable bonds is 9.